The summed E-state index contributed by atoms with van der Waals surface area (Å²) in [4.78, 5) is 13.9. The first-order valence-electron chi connectivity index (χ1n) is 5.59. The number of rotatable bonds is 3. The van der Waals surface area contributed by atoms with Gasteiger partial charge >= 0.3 is 0 Å². The molecule has 7 heteroatoms. The number of ether oxygens (including phenoxy) is 1. The van der Waals surface area contributed by atoms with E-state index in [-0.39, 0.29) is 16.9 Å². The number of nitrogens with zero attached hydrogens (tertiary/aromatic N) is 3. The van der Waals surface area contributed by atoms with Gasteiger partial charge in [0.05, 0.1) is 31.6 Å². The van der Waals surface area contributed by atoms with Gasteiger partial charge < -0.3 is 16.2 Å². The third-order valence-electron chi connectivity index (χ3n) is 2.84. The molecular weight excluding hydrogens is 222 g/mol. The summed E-state index contributed by atoms with van der Waals surface area (Å²) in [5.74, 6) is 0. The summed E-state index contributed by atoms with van der Waals surface area (Å²) in [6, 6.07) is 0. The van der Waals surface area contributed by atoms with Crippen molar-refractivity contribution in [2.75, 3.05) is 44.3 Å². The fourth-order valence-corrected chi connectivity index (χ4v) is 1.74. The summed E-state index contributed by atoms with van der Waals surface area (Å²) in [5.41, 5.74) is 11.0. The van der Waals surface area contributed by atoms with Gasteiger partial charge in [0.15, 0.2) is 0 Å². The lowest BCUT2D eigenvalue weighted by molar-refractivity contribution is 0.0358. The minimum atomic E-state index is -0.321. The second kappa shape index (κ2) is 5.15. The van der Waals surface area contributed by atoms with E-state index >= 15 is 0 Å². The minimum absolute atomic E-state index is 0.0713. The van der Waals surface area contributed by atoms with Gasteiger partial charge in [-0.2, -0.15) is 5.10 Å². The van der Waals surface area contributed by atoms with Gasteiger partial charge in [0.25, 0.3) is 5.56 Å². The molecule has 0 aliphatic carbocycles. The summed E-state index contributed by atoms with van der Waals surface area (Å²) in [7, 11) is 0. The van der Waals surface area contributed by atoms with Crippen molar-refractivity contribution in [2.24, 2.45) is 0 Å². The molecule has 2 heterocycles. The first kappa shape index (κ1) is 11.9. The van der Waals surface area contributed by atoms with E-state index in [9.17, 15) is 4.79 Å². The summed E-state index contributed by atoms with van der Waals surface area (Å²) >= 11 is 0. The summed E-state index contributed by atoms with van der Waals surface area (Å²) < 4.78 is 6.60. The lowest BCUT2D eigenvalue weighted by Crippen LogP contribution is -2.40. The van der Waals surface area contributed by atoms with Crippen molar-refractivity contribution in [1.82, 2.24) is 14.7 Å². The first-order chi connectivity index (χ1) is 8.18. The maximum Gasteiger partial charge on any atom is 0.292 e. The highest BCUT2D eigenvalue weighted by atomic mass is 16.5. The van der Waals surface area contributed by atoms with Crippen molar-refractivity contribution >= 4 is 11.4 Å². The average Bonchev–Trinajstić information content (AvgIpc) is 2.36. The van der Waals surface area contributed by atoms with Crippen molar-refractivity contribution in [1.29, 1.82) is 0 Å². The quantitative estimate of drug-likeness (QED) is 0.683. The van der Waals surface area contributed by atoms with Crippen LogP contribution in [0.2, 0.25) is 0 Å². The number of aromatic nitrogens is 2. The van der Waals surface area contributed by atoms with Crippen LogP contribution in [0.4, 0.5) is 11.4 Å². The number of nitrogen functional groups attached to an aromatic ring is 2. The smallest absolute Gasteiger partial charge is 0.292 e. The highest BCUT2D eigenvalue weighted by Gasteiger charge is 2.11. The molecule has 0 bridgehead atoms. The predicted molar refractivity (Wildman–Crippen MR) is 64.6 cm³/mol. The maximum absolute atomic E-state index is 11.7. The molecule has 1 saturated heterocycles. The Kier molecular flexibility index (Phi) is 3.60. The van der Waals surface area contributed by atoms with E-state index < -0.39 is 0 Å². The van der Waals surface area contributed by atoms with E-state index in [0.717, 1.165) is 32.8 Å². The molecule has 7 nitrogen and oxygen atoms in total. The van der Waals surface area contributed by atoms with Crippen LogP contribution in [-0.4, -0.2) is 47.5 Å². The van der Waals surface area contributed by atoms with E-state index in [0.29, 0.717) is 6.54 Å². The molecular formula is C10H17N5O2. The second-order valence-electron chi connectivity index (χ2n) is 4.00. The van der Waals surface area contributed by atoms with Crippen LogP contribution >= 0.6 is 0 Å². The minimum Gasteiger partial charge on any atom is -0.396 e. The molecule has 17 heavy (non-hydrogen) atoms. The van der Waals surface area contributed by atoms with Crippen LogP contribution in [-0.2, 0) is 11.3 Å². The SMILES string of the molecule is Nc1cnn(CCN2CCOCC2)c(=O)c1N. The van der Waals surface area contributed by atoms with Crippen molar-refractivity contribution in [2.45, 2.75) is 6.54 Å². The zero-order valence-corrected chi connectivity index (χ0v) is 9.63. The second-order valence-corrected chi connectivity index (χ2v) is 4.00. The molecule has 1 aliphatic rings. The number of hydrogen-bond donors (Lipinski definition) is 2. The van der Waals surface area contributed by atoms with Crippen molar-refractivity contribution in [3.05, 3.63) is 16.6 Å². The van der Waals surface area contributed by atoms with Crippen LogP contribution < -0.4 is 17.0 Å². The standard InChI is InChI=1S/C10H17N5O2/c11-8-7-13-15(10(16)9(8)12)2-1-14-3-5-17-6-4-14/h7H,1-6,11-12H2. The van der Waals surface area contributed by atoms with Gasteiger partial charge in [0, 0.05) is 19.6 Å². The average molecular weight is 239 g/mol. The van der Waals surface area contributed by atoms with E-state index in [4.69, 9.17) is 16.2 Å². The first-order valence-corrected chi connectivity index (χ1v) is 5.59. The van der Waals surface area contributed by atoms with Crippen LogP contribution in [0.5, 0.6) is 0 Å². The van der Waals surface area contributed by atoms with Crippen LogP contribution in [0.15, 0.2) is 11.0 Å². The number of hydrogen-bond acceptors (Lipinski definition) is 6. The molecule has 0 spiro atoms. The van der Waals surface area contributed by atoms with Gasteiger partial charge in [-0.3, -0.25) is 9.69 Å². The molecule has 94 valence electrons. The monoisotopic (exact) mass is 239 g/mol. The largest absolute Gasteiger partial charge is 0.396 e. The van der Waals surface area contributed by atoms with Crippen LogP contribution in [0.1, 0.15) is 0 Å². The highest BCUT2D eigenvalue weighted by molar-refractivity contribution is 5.59. The fourth-order valence-electron chi connectivity index (χ4n) is 1.74. The number of morpholine rings is 1. The van der Waals surface area contributed by atoms with Gasteiger partial charge in [-0.1, -0.05) is 0 Å². The molecule has 1 fully saturated rings. The van der Waals surface area contributed by atoms with Gasteiger partial charge in [0.1, 0.15) is 5.69 Å². The van der Waals surface area contributed by atoms with E-state index in [1.165, 1.54) is 10.9 Å². The van der Waals surface area contributed by atoms with E-state index in [1.807, 2.05) is 0 Å². The van der Waals surface area contributed by atoms with Crippen LogP contribution in [0.3, 0.4) is 0 Å². The van der Waals surface area contributed by atoms with Crippen LogP contribution in [0, 0.1) is 0 Å². The molecule has 0 saturated carbocycles. The van der Waals surface area contributed by atoms with Crippen LogP contribution in [0.25, 0.3) is 0 Å². The fraction of sp³-hybridized carbons (Fsp3) is 0.600. The third kappa shape index (κ3) is 2.75. The van der Waals surface area contributed by atoms with Crippen molar-refractivity contribution < 1.29 is 4.74 Å². The summed E-state index contributed by atoms with van der Waals surface area (Å²) in [6.45, 7) is 4.54. The Morgan fingerprint density at radius 2 is 2.00 bits per heavy atom. The number of anilines is 2. The topological polar surface area (TPSA) is 99.4 Å². The Balaban J connectivity index is 1.99. The Hall–Kier alpha value is -1.60. The summed E-state index contributed by atoms with van der Waals surface area (Å²) in [6.07, 6.45) is 1.41. The molecule has 1 aromatic heterocycles. The molecule has 0 amide bonds. The molecule has 1 aliphatic heterocycles. The Morgan fingerprint density at radius 3 is 2.71 bits per heavy atom. The zero-order valence-electron chi connectivity index (χ0n) is 9.63. The Morgan fingerprint density at radius 1 is 1.29 bits per heavy atom. The molecule has 4 N–H and O–H groups in total. The Bertz CT molecular complexity index is 439. The van der Waals surface area contributed by atoms with Crippen molar-refractivity contribution in [3.8, 4) is 0 Å². The zero-order chi connectivity index (χ0) is 12.3. The third-order valence-corrected chi connectivity index (χ3v) is 2.84. The van der Waals surface area contributed by atoms with Gasteiger partial charge in [-0.15, -0.1) is 0 Å². The maximum atomic E-state index is 11.7. The molecule has 0 atom stereocenters. The van der Waals surface area contributed by atoms with Gasteiger partial charge in [-0.25, -0.2) is 4.68 Å². The van der Waals surface area contributed by atoms with E-state index in [1.54, 1.807) is 0 Å². The Labute approximate surface area is 98.9 Å². The number of nitrogens with two attached hydrogens (primary N) is 2. The molecule has 2 rings (SSSR count). The highest BCUT2D eigenvalue weighted by Crippen LogP contribution is 2.04. The molecule has 0 aromatic carbocycles. The molecule has 0 radical (unpaired) electrons. The molecule has 1 aromatic rings. The van der Waals surface area contributed by atoms with Crippen molar-refractivity contribution in [3.63, 3.8) is 0 Å². The molecule has 0 unspecified atom stereocenters. The lowest BCUT2D eigenvalue weighted by Gasteiger charge is -2.26. The van der Waals surface area contributed by atoms with E-state index in [2.05, 4.69) is 10.00 Å². The predicted octanol–water partition coefficient (Wildman–Crippen LogP) is -1.26. The summed E-state index contributed by atoms with van der Waals surface area (Å²) in [5, 5.41) is 3.96. The van der Waals surface area contributed by atoms with Gasteiger partial charge in [-0.05, 0) is 0 Å². The lowest BCUT2D eigenvalue weighted by atomic mass is 10.4. The normalized spacial score (nSPS) is 17.2. The van der Waals surface area contributed by atoms with Gasteiger partial charge in [0.2, 0.25) is 0 Å².